The van der Waals surface area contributed by atoms with Gasteiger partial charge in [0.15, 0.2) is 15.9 Å². The highest BCUT2D eigenvalue weighted by Crippen LogP contribution is 2.21. The highest BCUT2D eigenvalue weighted by Gasteiger charge is 2.21. The van der Waals surface area contributed by atoms with Gasteiger partial charge in [-0.15, -0.1) is 0 Å². The van der Waals surface area contributed by atoms with Gasteiger partial charge in [0.05, 0.1) is 11.1 Å². The van der Waals surface area contributed by atoms with Crippen molar-refractivity contribution >= 4 is 21.5 Å². The van der Waals surface area contributed by atoms with E-state index in [4.69, 9.17) is 0 Å². The average Bonchev–Trinajstić information content (AvgIpc) is 2.81. The second-order valence-corrected chi connectivity index (χ2v) is 6.68. The van der Waals surface area contributed by atoms with E-state index >= 15 is 0 Å². The van der Waals surface area contributed by atoms with Gasteiger partial charge in [0, 0.05) is 30.8 Å². The van der Waals surface area contributed by atoms with Crippen LogP contribution in [0.5, 0.6) is 0 Å². The molecule has 7 nitrogen and oxygen atoms in total. The SMILES string of the molecule is Cn1cc(C(Nc2ccc(S(C)(=O)=O)cc2)C(=O)O)cn1. The van der Waals surface area contributed by atoms with Crippen LogP contribution in [0.15, 0.2) is 41.6 Å². The molecule has 0 radical (unpaired) electrons. The normalized spacial score (nSPS) is 12.9. The van der Waals surface area contributed by atoms with Crippen LogP contribution in [-0.2, 0) is 21.7 Å². The van der Waals surface area contributed by atoms with Crippen LogP contribution in [-0.4, -0.2) is 35.5 Å². The third kappa shape index (κ3) is 3.60. The third-order valence-electron chi connectivity index (χ3n) is 2.90. The van der Waals surface area contributed by atoms with Crippen molar-refractivity contribution in [1.82, 2.24) is 9.78 Å². The summed E-state index contributed by atoms with van der Waals surface area (Å²) in [6.07, 6.45) is 4.19. The molecule has 21 heavy (non-hydrogen) atoms. The first-order valence-electron chi connectivity index (χ1n) is 6.05. The maximum absolute atomic E-state index is 11.4. The Hall–Kier alpha value is -2.35. The van der Waals surface area contributed by atoms with Gasteiger partial charge in [-0.3, -0.25) is 4.68 Å². The zero-order chi connectivity index (χ0) is 15.6. The summed E-state index contributed by atoms with van der Waals surface area (Å²) in [7, 11) is -1.57. The predicted molar refractivity (Wildman–Crippen MR) is 76.8 cm³/mol. The molecule has 0 saturated heterocycles. The minimum Gasteiger partial charge on any atom is -0.479 e. The standard InChI is InChI=1S/C13H15N3O4S/c1-16-8-9(7-14-16)12(13(17)18)15-10-3-5-11(6-4-10)21(2,19)20/h3-8,12,15H,1-2H3,(H,17,18). The van der Waals surface area contributed by atoms with Crippen molar-refractivity contribution in [3.05, 3.63) is 42.2 Å². The highest BCUT2D eigenvalue weighted by atomic mass is 32.2. The number of aromatic nitrogens is 2. The Morgan fingerprint density at radius 1 is 1.33 bits per heavy atom. The Bertz CT molecular complexity index is 750. The molecule has 0 fully saturated rings. The molecule has 1 aromatic heterocycles. The van der Waals surface area contributed by atoms with Gasteiger partial charge >= 0.3 is 5.97 Å². The largest absolute Gasteiger partial charge is 0.479 e. The van der Waals surface area contributed by atoms with Crippen LogP contribution in [0.25, 0.3) is 0 Å². The van der Waals surface area contributed by atoms with Gasteiger partial charge in [0.2, 0.25) is 0 Å². The number of aliphatic carboxylic acids is 1. The van der Waals surface area contributed by atoms with Crippen LogP contribution in [0.4, 0.5) is 5.69 Å². The smallest absolute Gasteiger partial charge is 0.330 e. The summed E-state index contributed by atoms with van der Waals surface area (Å²) in [5, 5.41) is 16.1. The summed E-state index contributed by atoms with van der Waals surface area (Å²) in [5.41, 5.74) is 1.02. The van der Waals surface area contributed by atoms with E-state index in [9.17, 15) is 18.3 Å². The lowest BCUT2D eigenvalue weighted by Gasteiger charge is -2.14. The summed E-state index contributed by atoms with van der Waals surface area (Å²) in [5.74, 6) is -1.05. The van der Waals surface area contributed by atoms with E-state index in [2.05, 4.69) is 10.4 Å². The number of sulfone groups is 1. The lowest BCUT2D eigenvalue weighted by molar-refractivity contribution is -0.138. The van der Waals surface area contributed by atoms with E-state index in [-0.39, 0.29) is 4.90 Å². The van der Waals surface area contributed by atoms with Crippen molar-refractivity contribution in [1.29, 1.82) is 0 Å². The van der Waals surface area contributed by atoms with Gasteiger partial charge in [0.25, 0.3) is 0 Å². The second kappa shape index (κ2) is 5.57. The molecule has 1 unspecified atom stereocenters. The summed E-state index contributed by atoms with van der Waals surface area (Å²) >= 11 is 0. The van der Waals surface area contributed by atoms with Crippen LogP contribution in [0.1, 0.15) is 11.6 Å². The quantitative estimate of drug-likeness (QED) is 0.856. The van der Waals surface area contributed by atoms with Crippen molar-refractivity contribution in [2.75, 3.05) is 11.6 Å². The molecule has 0 spiro atoms. The fraction of sp³-hybridized carbons (Fsp3) is 0.231. The monoisotopic (exact) mass is 309 g/mol. The molecule has 1 atom stereocenters. The Balaban J connectivity index is 2.24. The zero-order valence-electron chi connectivity index (χ0n) is 11.5. The fourth-order valence-electron chi connectivity index (χ4n) is 1.84. The Morgan fingerprint density at radius 2 is 1.95 bits per heavy atom. The van der Waals surface area contributed by atoms with Crippen molar-refractivity contribution in [2.45, 2.75) is 10.9 Å². The van der Waals surface area contributed by atoms with Crippen LogP contribution in [0.3, 0.4) is 0 Å². The van der Waals surface area contributed by atoms with Crippen molar-refractivity contribution in [3.8, 4) is 0 Å². The molecule has 0 saturated carbocycles. The molecule has 2 N–H and O–H groups in total. The van der Waals surface area contributed by atoms with Crippen LogP contribution >= 0.6 is 0 Å². The summed E-state index contributed by atoms with van der Waals surface area (Å²) in [6.45, 7) is 0. The fourth-order valence-corrected chi connectivity index (χ4v) is 2.47. The molecule has 2 rings (SSSR count). The van der Waals surface area contributed by atoms with Crippen molar-refractivity contribution in [3.63, 3.8) is 0 Å². The maximum Gasteiger partial charge on any atom is 0.330 e. The molecule has 0 aliphatic rings. The third-order valence-corrected chi connectivity index (χ3v) is 4.03. The molecule has 0 amide bonds. The summed E-state index contributed by atoms with van der Waals surface area (Å²) < 4.78 is 24.3. The van der Waals surface area contributed by atoms with E-state index in [1.54, 1.807) is 13.2 Å². The topological polar surface area (TPSA) is 101 Å². The van der Waals surface area contributed by atoms with Crippen molar-refractivity contribution < 1.29 is 18.3 Å². The number of hydrogen-bond donors (Lipinski definition) is 2. The molecule has 0 bridgehead atoms. The minimum absolute atomic E-state index is 0.182. The Morgan fingerprint density at radius 3 is 2.38 bits per heavy atom. The molecule has 1 heterocycles. The molecule has 0 aliphatic heterocycles. The first-order chi connectivity index (χ1) is 9.77. The van der Waals surface area contributed by atoms with E-state index < -0.39 is 21.8 Å². The number of carboxylic acids is 1. The first kappa shape index (κ1) is 15.0. The van der Waals surface area contributed by atoms with Crippen LogP contribution < -0.4 is 5.32 Å². The first-order valence-corrected chi connectivity index (χ1v) is 7.94. The lowest BCUT2D eigenvalue weighted by Crippen LogP contribution is -2.20. The van der Waals surface area contributed by atoms with Gasteiger partial charge in [-0.25, -0.2) is 13.2 Å². The van der Waals surface area contributed by atoms with Gasteiger partial charge in [-0.05, 0) is 24.3 Å². The number of aryl methyl sites for hydroxylation is 1. The molecule has 0 aliphatic carbocycles. The van der Waals surface area contributed by atoms with Crippen molar-refractivity contribution in [2.24, 2.45) is 7.05 Å². The van der Waals surface area contributed by atoms with E-state index in [1.165, 1.54) is 35.1 Å². The van der Waals surface area contributed by atoms with Gasteiger partial charge in [-0.1, -0.05) is 0 Å². The summed E-state index contributed by atoms with van der Waals surface area (Å²) in [6, 6.07) is 4.97. The number of benzene rings is 1. The van der Waals surface area contributed by atoms with E-state index in [0.717, 1.165) is 6.26 Å². The van der Waals surface area contributed by atoms with Crippen LogP contribution in [0, 0.1) is 0 Å². The number of nitrogens with zero attached hydrogens (tertiary/aromatic N) is 2. The van der Waals surface area contributed by atoms with E-state index in [0.29, 0.717) is 11.3 Å². The number of anilines is 1. The predicted octanol–water partition coefficient (Wildman–Crippen LogP) is 1.06. The zero-order valence-corrected chi connectivity index (χ0v) is 12.3. The molecular weight excluding hydrogens is 294 g/mol. The molecule has 1 aromatic carbocycles. The highest BCUT2D eigenvalue weighted by molar-refractivity contribution is 7.90. The van der Waals surface area contributed by atoms with Gasteiger partial charge in [-0.2, -0.15) is 5.10 Å². The number of hydrogen-bond acceptors (Lipinski definition) is 5. The maximum atomic E-state index is 11.4. The Labute approximate surface area is 122 Å². The van der Waals surface area contributed by atoms with Gasteiger partial charge < -0.3 is 10.4 Å². The molecule has 2 aromatic rings. The second-order valence-electron chi connectivity index (χ2n) is 4.66. The summed E-state index contributed by atoms with van der Waals surface area (Å²) in [4.78, 5) is 11.5. The Kier molecular flexibility index (Phi) is 3.99. The van der Waals surface area contributed by atoms with Gasteiger partial charge in [0.1, 0.15) is 0 Å². The number of nitrogens with one attached hydrogen (secondary N) is 1. The van der Waals surface area contributed by atoms with E-state index in [1.807, 2.05) is 0 Å². The molecular formula is C13H15N3O4S. The number of carboxylic acid groups (broad SMARTS) is 1. The lowest BCUT2D eigenvalue weighted by atomic mass is 10.1. The number of carbonyl (C=O) groups is 1. The van der Waals surface area contributed by atoms with Crippen LogP contribution in [0.2, 0.25) is 0 Å². The number of rotatable bonds is 5. The molecule has 8 heteroatoms. The average molecular weight is 309 g/mol. The minimum atomic E-state index is -3.27. The molecule has 112 valence electrons.